The van der Waals surface area contributed by atoms with Crippen LogP contribution in [0.25, 0.3) is 0 Å². The summed E-state index contributed by atoms with van der Waals surface area (Å²) in [5.74, 6) is 0.148. The van der Waals surface area contributed by atoms with Crippen molar-refractivity contribution in [3.63, 3.8) is 0 Å². The van der Waals surface area contributed by atoms with Gasteiger partial charge in [-0.3, -0.25) is 9.59 Å². The van der Waals surface area contributed by atoms with Crippen LogP contribution in [-0.4, -0.2) is 12.1 Å². The number of carbonyl (C=O) groups excluding carboxylic acids is 2. The van der Waals surface area contributed by atoms with Gasteiger partial charge >= 0.3 is 0 Å². The van der Waals surface area contributed by atoms with E-state index in [0.29, 0.717) is 18.4 Å². The third-order valence-corrected chi connectivity index (χ3v) is 2.85. The Bertz CT molecular complexity index is 527. The number of aryl methyl sites for hydroxylation is 1. The third-order valence-electron chi connectivity index (χ3n) is 2.85. The Morgan fingerprint density at radius 3 is 2.22 bits per heavy atom. The van der Waals surface area contributed by atoms with E-state index in [4.69, 9.17) is 0 Å². The standard InChI is InChI=1S/C16H14O2/c17-12-14-8-6-13(7-9-14)10-11-16(18)15-4-2-1-3-5-15/h1-9,12H,10-11H2. The van der Waals surface area contributed by atoms with Crippen molar-refractivity contribution in [1.29, 1.82) is 0 Å². The molecule has 0 aliphatic rings. The maximum absolute atomic E-state index is 11.9. The number of rotatable bonds is 5. The highest BCUT2D eigenvalue weighted by atomic mass is 16.1. The highest BCUT2D eigenvalue weighted by molar-refractivity contribution is 5.96. The van der Waals surface area contributed by atoms with Gasteiger partial charge in [0.15, 0.2) is 5.78 Å². The van der Waals surface area contributed by atoms with Gasteiger partial charge in [0.1, 0.15) is 6.29 Å². The van der Waals surface area contributed by atoms with Gasteiger partial charge in [-0.15, -0.1) is 0 Å². The van der Waals surface area contributed by atoms with Gasteiger partial charge in [-0.25, -0.2) is 0 Å². The van der Waals surface area contributed by atoms with Crippen molar-refractivity contribution in [1.82, 2.24) is 0 Å². The number of hydrogen-bond donors (Lipinski definition) is 0. The molecule has 90 valence electrons. The van der Waals surface area contributed by atoms with E-state index in [-0.39, 0.29) is 5.78 Å². The fraction of sp³-hybridized carbons (Fsp3) is 0.125. The average Bonchev–Trinajstić information content (AvgIpc) is 2.46. The molecule has 0 spiro atoms. The van der Waals surface area contributed by atoms with E-state index in [1.54, 1.807) is 12.1 Å². The molecule has 0 aliphatic heterocycles. The first-order chi connectivity index (χ1) is 8.79. The molecular weight excluding hydrogens is 224 g/mol. The second-order valence-corrected chi connectivity index (χ2v) is 4.15. The average molecular weight is 238 g/mol. The normalized spacial score (nSPS) is 10.0. The lowest BCUT2D eigenvalue weighted by molar-refractivity contribution is 0.0982. The summed E-state index contributed by atoms with van der Waals surface area (Å²) in [6, 6.07) is 16.6. The Kier molecular flexibility index (Phi) is 4.02. The van der Waals surface area contributed by atoms with E-state index < -0.39 is 0 Å². The van der Waals surface area contributed by atoms with Crippen LogP contribution in [-0.2, 0) is 6.42 Å². The quantitative estimate of drug-likeness (QED) is 0.591. The van der Waals surface area contributed by atoms with Gasteiger partial charge in [0.2, 0.25) is 0 Å². The lowest BCUT2D eigenvalue weighted by Gasteiger charge is -2.02. The van der Waals surface area contributed by atoms with Crippen molar-refractivity contribution in [3.8, 4) is 0 Å². The minimum absolute atomic E-state index is 0.148. The Morgan fingerprint density at radius 1 is 0.944 bits per heavy atom. The Morgan fingerprint density at radius 2 is 1.61 bits per heavy atom. The summed E-state index contributed by atoms with van der Waals surface area (Å²) in [6.07, 6.45) is 2.01. The number of benzene rings is 2. The van der Waals surface area contributed by atoms with Crippen molar-refractivity contribution < 1.29 is 9.59 Å². The molecule has 0 heterocycles. The zero-order chi connectivity index (χ0) is 12.8. The Labute approximate surface area is 106 Å². The van der Waals surface area contributed by atoms with Gasteiger partial charge < -0.3 is 0 Å². The molecule has 2 nitrogen and oxygen atoms in total. The summed E-state index contributed by atoms with van der Waals surface area (Å²) in [4.78, 5) is 22.4. The van der Waals surface area contributed by atoms with Gasteiger partial charge in [-0.2, -0.15) is 0 Å². The number of hydrogen-bond acceptors (Lipinski definition) is 2. The van der Waals surface area contributed by atoms with E-state index in [2.05, 4.69) is 0 Å². The SMILES string of the molecule is O=Cc1ccc(CCC(=O)c2ccccc2)cc1. The first kappa shape index (κ1) is 12.2. The maximum atomic E-state index is 11.9. The van der Waals surface area contributed by atoms with Gasteiger partial charge in [-0.1, -0.05) is 54.6 Å². The summed E-state index contributed by atoms with van der Waals surface area (Å²) in [5, 5.41) is 0. The van der Waals surface area contributed by atoms with Gasteiger partial charge in [-0.05, 0) is 12.0 Å². The van der Waals surface area contributed by atoms with Crippen LogP contribution < -0.4 is 0 Å². The molecule has 0 fully saturated rings. The van der Waals surface area contributed by atoms with Gasteiger partial charge in [0.05, 0.1) is 0 Å². The molecule has 0 N–H and O–H groups in total. The zero-order valence-electron chi connectivity index (χ0n) is 10.0. The summed E-state index contributed by atoms with van der Waals surface area (Å²) in [5.41, 5.74) is 2.49. The predicted molar refractivity (Wildman–Crippen MR) is 70.9 cm³/mol. The first-order valence-corrected chi connectivity index (χ1v) is 5.92. The van der Waals surface area contributed by atoms with Crippen molar-refractivity contribution in [3.05, 3.63) is 71.3 Å². The summed E-state index contributed by atoms with van der Waals surface area (Å²) in [6.45, 7) is 0. The van der Waals surface area contributed by atoms with Gasteiger partial charge in [0.25, 0.3) is 0 Å². The van der Waals surface area contributed by atoms with E-state index in [1.165, 1.54) is 0 Å². The molecule has 0 atom stereocenters. The Balaban J connectivity index is 1.95. The molecule has 0 aromatic heterocycles. The van der Waals surface area contributed by atoms with Gasteiger partial charge in [0, 0.05) is 17.5 Å². The van der Waals surface area contributed by atoms with E-state index in [9.17, 15) is 9.59 Å². The van der Waals surface area contributed by atoms with Crippen LogP contribution in [0.1, 0.15) is 32.7 Å². The predicted octanol–water partition coefficient (Wildman–Crippen LogP) is 3.31. The largest absolute Gasteiger partial charge is 0.298 e. The third kappa shape index (κ3) is 3.14. The maximum Gasteiger partial charge on any atom is 0.163 e. The summed E-state index contributed by atoms with van der Waals surface area (Å²) in [7, 11) is 0. The fourth-order valence-electron chi connectivity index (χ4n) is 1.79. The molecule has 18 heavy (non-hydrogen) atoms. The minimum atomic E-state index is 0.148. The molecule has 0 aliphatic carbocycles. The molecule has 0 saturated carbocycles. The summed E-state index contributed by atoms with van der Waals surface area (Å²) < 4.78 is 0. The van der Waals surface area contributed by atoms with E-state index >= 15 is 0 Å². The number of carbonyl (C=O) groups is 2. The van der Waals surface area contributed by atoms with Crippen LogP contribution in [0.3, 0.4) is 0 Å². The molecule has 0 unspecified atom stereocenters. The lowest BCUT2D eigenvalue weighted by Crippen LogP contribution is -2.00. The van der Waals surface area contributed by atoms with Crippen molar-refractivity contribution in [2.75, 3.05) is 0 Å². The Hall–Kier alpha value is -2.22. The highest BCUT2D eigenvalue weighted by Gasteiger charge is 2.05. The van der Waals surface area contributed by atoms with Crippen molar-refractivity contribution >= 4 is 12.1 Å². The second kappa shape index (κ2) is 5.92. The number of Topliss-reactive ketones (excluding diaryl/α,β-unsaturated/α-hetero) is 1. The first-order valence-electron chi connectivity index (χ1n) is 5.92. The molecule has 0 saturated heterocycles. The smallest absolute Gasteiger partial charge is 0.163 e. The van der Waals surface area contributed by atoms with E-state index in [0.717, 1.165) is 17.4 Å². The molecule has 0 bridgehead atoms. The molecule has 0 amide bonds. The molecular formula is C16H14O2. The zero-order valence-corrected chi connectivity index (χ0v) is 10.0. The van der Waals surface area contributed by atoms with Crippen LogP contribution in [0.4, 0.5) is 0 Å². The van der Waals surface area contributed by atoms with Crippen molar-refractivity contribution in [2.45, 2.75) is 12.8 Å². The topological polar surface area (TPSA) is 34.1 Å². The van der Waals surface area contributed by atoms with Crippen LogP contribution in [0.2, 0.25) is 0 Å². The monoisotopic (exact) mass is 238 g/mol. The highest BCUT2D eigenvalue weighted by Crippen LogP contribution is 2.09. The van der Waals surface area contributed by atoms with Crippen LogP contribution in [0.5, 0.6) is 0 Å². The number of ketones is 1. The fourth-order valence-corrected chi connectivity index (χ4v) is 1.79. The molecule has 2 heteroatoms. The van der Waals surface area contributed by atoms with Crippen molar-refractivity contribution in [2.24, 2.45) is 0 Å². The van der Waals surface area contributed by atoms with E-state index in [1.807, 2.05) is 42.5 Å². The lowest BCUT2D eigenvalue weighted by atomic mass is 10.0. The van der Waals surface area contributed by atoms with Crippen LogP contribution in [0, 0.1) is 0 Å². The molecule has 0 radical (unpaired) electrons. The van der Waals surface area contributed by atoms with Crippen LogP contribution in [0.15, 0.2) is 54.6 Å². The minimum Gasteiger partial charge on any atom is -0.298 e. The van der Waals surface area contributed by atoms with Crippen LogP contribution >= 0.6 is 0 Å². The second-order valence-electron chi connectivity index (χ2n) is 4.15. The molecule has 2 aromatic rings. The molecule has 2 aromatic carbocycles. The summed E-state index contributed by atoms with van der Waals surface area (Å²) >= 11 is 0. The molecule has 2 rings (SSSR count). The number of aldehydes is 1.